The van der Waals surface area contributed by atoms with Crippen LogP contribution >= 0.6 is 74.9 Å². The lowest BCUT2D eigenvalue weighted by Gasteiger charge is -3.00. The van der Waals surface area contributed by atoms with Gasteiger partial charge in [-0.15, -0.1) is 0 Å². The highest BCUT2D eigenvalue weighted by Gasteiger charge is 2.12. The zero-order chi connectivity index (χ0) is 22.1. The van der Waals surface area contributed by atoms with Gasteiger partial charge >= 0.3 is 0 Å². The molecule has 0 aliphatic carbocycles. The number of aromatic hydroxyl groups is 1. The van der Waals surface area contributed by atoms with Gasteiger partial charge in [-0.25, -0.2) is 4.39 Å². The second-order valence-corrected chi connectivity index (χ2v) is 9.20. The van der Waals surface area contributed by atoms with E-state index in [4.69, 9.17) is 27.6 Å². The molecule has 2 nitrogen and oxygen atoms in total. The standard InChI is InChI=1S/C12H7BrClFO.C12H6BrClO.HP.P/c13-10-3-1-2-9(12(10)15)8-5-4-7(14)6-11(8)16;13-10-3-1-2-9-8-5-4-7(14)6-11(8)15-12(9)10;;/h1-6,16H;1-6H;1H;/q;;-2;-3. The minimum atomic E-state index is -0.403. The molecule has 1 N–H and O–H groups in total. The summed E-state index contributed by atoms with van der Waals surface area (Å²) >= 11 is 18.2. The number of halogens is 5. The van der Waals surface area contributed by atoms with Crippen molar-refractivity contribution < 1.29 is 13.9 Å². The van der Waals surface area contributed by atoms with Crippen LogP contribution in [0.2, 0.25) is 10.0 Å². The maximum absolute atomic E-state index is 13.8. The Morgan fingerprint density at radius 1 is 0.758 bits per heavy atom. The Bertz CT molecular complexity index is 1430. The number of para-hydroxylation sites is 1. The Hall–Kier alpha value is -1.19. The van der Waals surface area contributed by atoms with Crippen LogP contribution in [0.3, 0.4) is 0 Å². The molecule has 0 amide bonds. The summed E-state index contributed by atoms with van der Waals surface area (Å²) in [5.41, 5.74) is 2.45. The number of benzene rings is 4. The Balaban J connectivity index is 0.000000220. The molecule has 1 heterocycles. The number of hydrogen-bond acceptors (Lipinski definition) is 2. The molecule has 172 valence electrons. The molecule has 0 fully saturated rings. The minimum Gasteiger partial charge on any atom is -3.00 e. The van der Waals surface area contributed by atoms with Crippen LogP contribution in [0.5, 0.6) is 5.75 Å². The van der Waals surface area contributed by atoms with Crippen LogP contribution in [0.1, 0.15) is 0 Å². The van der Waals surface area contributed by atoms with Crippen molar-refractivity contribution in [3.8, 4) is 16.9 Å². The fraction of sp³-hybridized carbons (Fsp3) is 0. The van der Waals surface area contributed by atoms with Gasteiger partial charge in [0.05, 0.1) is 8.95 Å². The van der Waals surface area contributed by atoms with Gasteiger partial charge in [-0.3, -0.25) is 0 Å². The van der Waals surface area contributed by atoms with Gasteiger partial charge in [-0.1, -0.05) is 47.5 Å². The molecular formula is C24H14Br2Cl2FO2P2-5. The van der Waals surface area contributed by atoms with Crippen LogP contribution in [-0.4, -0.2) is 5.11 Å². The summed E-state index contributed by atoms with van der Waals surface area (Å²) < 4.78 is 20.8. The minimum absolute atomic E-state index is 0. The smallest absolute Gasteiger partial charge is 0.149 e. The lowest BCUT2D eigenvalue weighted by atomic mass is 10.0. The van der Waals surface area contributed by atoms with E-state index in [2.05, 4.69) is 31.9 Å². The average Bonchev–Trinajstić information content (AvgIpc) is 3.10. The molecular weight excluding hydrogens is 632 g/mol. The summed E-state index contributed by atoms with van der Waals surface area (Å²) in [4.78, 5) is 0. The molecule has 0 radical (unpaired) electrons. The van der Waals surface area contributed by atoms with E-state index in [9.17, 15) is 9.50 Å². The molecule has 33 heavy (non-hydrogen) atoms. The lowest BCUT2D eigenvalue weighted by Crippen LogP contribution is -1.86. The second kappa shape index (κ2) is 12.0. The topological polar surface area (TPSA) is 33.4 Å². The van der Waals surface area contributed by atoms with Crippen LogP contribution in [0, 0.1) is 5.82 Å². The quantitative estimate of drug-likeness (QED) is 0.184. The van der Waals surface area contributed by atoms with Gasteiger partial charge in [-0.05, 0) is 74.3 Å². The van der Waals surface area contributed by atoms with Gasteiger partial charge in [0.2, 0.25) is 0 Å². The van der Waals surface area contributed by atoms with E-state index in [1.54, 1.807) is 30.3 Å². The van der Waals surface area contributed by atoms with Crippen molar-refractivity contribution >= 4 is 96.8 Å². The normalized spacial score (nSPS) is 10.2. The van der Waals surface area contributed by atoms with Crippen LogP contribution in [0.15, 0.2) is 86.2 Å². The molecule has 4 aromatic carbocycles. The van der Waals surface area contributed by atoms with E-state index < -0.39 is 5.82 Å². The highest BCUT2D eigenvalue weighted by molar-refractivity contribution is 9.11. The van der Waals surface area contributed by atoms with Crippen molar-refractivity contribution in [1.82, 2.24) is 0 Å². The first-order valence-electron chi connectivity index (χ1n) is 9.04. The van der Waals surface area contributed by atoms with Crippen LogP contribution < -0.4 is 0 Å². The first kappa shape index (κ1) is 28.1. The summed E-state index contributed by atoms with van der Waals surface area (Å²) in [5.74, 6) is -0.440. The van der Waals surface area contributed by atoms with Crippen LogP contribution in [0.4, 0.5) is 4.39 Å². The average molecular weight is 646 g/mol. The summed E-state index contributed by atoms with van der Waals surface area (Å²) in [6.07, 6.45) is 0. The maximum Gasteiger partial charge on any atom is 0.149 e. The first-order valence-corrected chi connectivity index (χ1v) is 11.4. The second-order valence-electron chi connectivity index (χ2n) is 6.62. The number of phenolic OH excluding ortho intramolecular Hbond substituents is 1. The van der Waals surface area contributed by atoms with Crippen molar-refractivity contribution in [3.05, 3.63) is 97.6 Å². The molecule has 0 unspecified atom stereocenters. The van der Waals surface area contributed by atoms with Crippen LogP contribution in [0.25, 0.3) is 33.1 Å². The van der Waals surface area contributed by atoms with Crippen LogP contribution in [-0.2, 0) is 0 Å². The molecule has 9 heteroatoms. The largest absolute Gasteiger partial charge is 3.00 e. The van der Waals surface area contributed by atoms with E-state index in [0.29, 0.717) is 25.6 Å². The summed E-state index contributed by atoms with van der Waals surface area (Å²) in [6, 6.07) is 21.2. The lowest BCUT2D eigenvalue weighted by molar-refractivity contribution is 0.476. The third-order valence-electron chi connectivity index (χ3n) is 4.61. The third-order valence-corrected chi connectivity index (χ3v) is 6.32. The molecule has 0 spiro atoms. The van der Waals surface area contributed by atoms with Crippen molar-refractivity contribution in [2.24, 2.45) is 0 Å². The van der Waals surface area contributed by atoms with Gasteiger partial charge in [0, 0.05) is 38.0 Å². The summed E-state index contributed by atoms with van der Waals surface area (Å²) in [6.45, 7) is 0. The van der Waals surface area contributed by atoms with E-state index >= 15 is 0 Å². The Kier molecular flexibility index (Phi) is 10.2. The van der Waals surface area contributed by atoms with Gasteiger partial charge in [-0.2, -0.15) is 0 Å². The van der Waals surface area contributed by atoms with Gasteiger partial charge in [0.15, 0.2) is 0 Å². The van der Waals surface area contributed by atoms with Crippen molar-refractivity contribution in [2.45, 2.75) is 0 Å². The summed E-state index contributed by atoms with van der Waals surface area (Å²) in [7, 11) is 0. The Labute approximate surface area is 224 Å². The zero-order valence-corrected chi connectivity index (χ0v) is 23.2. The number of hydrogen-bond donors (Lipinski definition) is 1. The van der Waals surface area contributed by atoms with Crippen molar-refractivity contribution in [1.29, 1.82) is 0 Å². The predicted molar refractivity (Wildman–Crippen MR) is 148 cm³/mol. The van der Waals surface area contributed by atoms with Crippen molar-refractivity contribution in [3.63, 3.8) is 0 Å². The number of fused-ring (bicyclic) bond motifs is 3. The SMILES string of the molecule is Clc1ccc2c(c1)oc1c(Br)cccc12.Oc1cc(Cl)ccc1-c1cccc(Br)c1F.[P-3].[PH-2]. The Morgan fingerprint density at radius 2 is 1.39 bits per heavy atom. The Morgan fingerprint density at radius 3 is 2.12 bits per heavy atom. The highest BCUT2D eigenvalue weighted by Crippen LogP contribution is 2.35. The molecule has 5 aromatic rings. The molecule has 1 aromatic heterocycles. The van der Waals surface area contributed by atoms with E-state index in [0.717, 1.165) is 26.4 Å². The molecule has 0 aliphatic rings. The molecule has 5 rings (SSSR count). The number of furan rings is 1. The zero-order valence-electron chi connectivity index (χ0n) is 16.6. The maximum atomic E-state index is 13.8. The van der Waals surface area contributed by atoms with Gasteiger partial charge in [0.1, 0.15) is 22.7 Å². The fourth-order valence-corrected chi connectivity index (χ4v) is 4.32. The monoisotopic (exact) mass is 643 g/mol. The van der Waals surface area contributed by atoms with Gasteiger partial charge < -0.3 is 29.3 Å². The van der Waals surface area contributed by atoms with E-state index in [-0.39, 0.29) is 25.5 Å². The van der Waals surface area contributed by atoms with Gasteiger partial charge in [0.25, 0.3) is 0 Å². The fourth-order valence-electron chi connectivity index (χ4n) is 3.18. The molecule has 0 bridgehead atoms. The summed E-state index contributed by atoms with van der Waals surface area (Å²) in [5, 5.41) is 13.0. The van der Waals surface area contributed by atoms with E-state index in [1.807, 2.05) is 36.4 Å². The number of rotatable bonds is 1. The number of phenols is 1. The molecule has 0 atom stereocenters. The van der Waals surface area contributed by atoms with E-state index in [1.165, 1.54) is 6.07 Å². The third kappa shape index (κ3) is 6.09. The van der Waals surface area contributed by atoms with Crippen molar-refractivity contribution in [2.75, 3.05) is 0 Å². The highest BCUT2D eigenvalue weighted by atomic mass is 79.9. The predicted octanol–water partition coefficient (Wildman–Crippen LogP) is 11.1. The molecule has 0 saturated carbocycles. The molecule has 0 aliphatic heterocycles. The molecule has 0 saturated heterocycles. The first-order chi connectivity index (χ1) is 14.8.